The third kappa shape index (κ3) is 3.78. The molecule has 1 rings (SSSR count). The van der Waals surface area contributed by atoms with E-state index < -0.39 is 0 Å². The molecule has 0 heterocycles. The van der Waals surface area contributed by atoms with Crippen LogP contribution in [0, 0.1) is 0 Å². The summed E-state index contributed by atoms with van der Waals surface area (Å²) in [6, 6.07) is 8.75. The van der Waals surface area contributed by atoms with E-state index in [9.17, 15) is 0 Å². The molecule has 0 aromatic heterocycles. The molecule has 72 valence electrons. The Morgan fingerprint density at radius 3 is 2.07 bits per heavy atom. The fourth-order valence-electron chi connectivity index (χ4n) is 1.37. The first-order valence-electron chi connectivity index (χ1n) is 4.91. The van der Waals surface area contributed by atoms with Gasteiger partial charge in [-0.25, -0.2) is 0 Å². The van der Waals surface area contributed by atoms with Crippen LogP contribution in [-0.4, -0.2) is 6.04 Å². The molecule has 0 unspecified atom stereocenters. The minimum absolute atomic E-state index is 0. The molecule has 2 heteroatoms. The second-order valence-electron chi connectivity index (χ2n) is 3.94. The van der Waals surface area contributed by atoms with Gasteiger partial charge in [0.1, 0.15) is 0 Å². The number of benzene rings is 1. The van der Waals surface area contributed by atoms with Gasteiger partial charge in [0, 0.05) is 0 Å². The van der Waals surface area contributed by atoms with Crippen LogP contribution in [-0.2, 0) is 0 Å². The van der Waals surface area contributed by atoms with E-state index in [0.717, 1.165) is 5.69 Å². The van der Waals surface area contributed by atoms with E-state index in [-0.39, 0.29) is 18.9 Å². The number of hydrogen-bond acceptors (Lipinski definition) is 0. The maximum absolute atomic E-state index is 4.58. The van der Waals surface area contributed by atoms with Crippen molar-refractivity contribution in [3.63, 3.8) is 0 Å². The zero-order valence-corrected chi connectivity index (χ0v) is 9.91. The van der Waals surface area contributed by atoms with E-state index in [1.807, 2.05) is 6.07 Å². The number of nitrogens with zero attached hydrogens (tertiary/aromatic N) is 1. The van der Waals surface area contributed by atoms with Crippen molar-refractivity contribution in [1.82, 2.24) is 0 Å². The molecule has 1 nitrogen and oxygen atoms in total. The summed E-state index contributed by atoms with van der Waals surface area (Å²) < 4.78 is 0. The topological polar surface area (TPSA) is 14.1 Å². The molecular formula is C12H18LiN. The fraction of sp³-hybridized carbons (Fsp3) is 0.500. The summed E-state index contributed by atoms with van der Waals surface area (Å²) in [5.41, 5.74) is 2.49. The van der Waals surface area contributed by atoms with Gasteiger partial charge in [-0.05, 0) is 5.92 Å². The standard InChI is InChI=1S/C12H18N.Li/c1-9(2)11-7-5-6-8-12(11)13-10(3)4;/h5-10H,1-4H3;/q-1;+1. The molecule has 0 spiro atoms. The van der Waals surface area contributed by atoms with Crippen molar-refractivity contribution in [2.45, 2.75) is 39.7 Å². The summed E-state index contributed by atoms with van der Waals surface area (Å²) in [5, 5.41) is 4.58. The molecule has 1 aromatic rings. The van der Waals surface area contributed by atoms with Crippen molar-refractivity contribution >= 4 is 5.69 Å². The first-order valence-corrected chi connectivity index (χ1v) is 4.91. The van der Waals surface area contributed by atoms with E-state index in [2.05, 4.69) is 51.2 Å². The zero-order chi connectivity index (χ0) is 9.84. The molecule has 0 bridgehead atoms. The Balaban J connectivity index is 0.00000169. The molecule has 0 saturated heterocycles. The molecule has 0 radical (unpaired) electrons. The summed E-state index contributed by atoms with van der Waals surface area (Å²) in [7, 11) is 0. The van der Waals surface area contributed by atoms with Crippen LogP contribution in [0.1, 0.15) is 39.2 Å². The molecule has 0 aliphatic carbocycles. The van der Waals surface area contributed by atoms with Gasteiger partial charge in [0.25, 0.3) is 0 Å². The molecule has 0 aliphatic heterocycles. The average Bonchev–Trinajstić information content (AvgIpc) is 2.03. The molecule has 0 fully saturated rings. The summed E-state index contributed by atoms with van der Waals surface area (Å²) >= 11 is 0. The predicted molar refractivity (Wildman–Crippen MR) is 58.7 cm³/mol. The van der Waals surface area contributed by atoms with Crippen LogP contribution in [0.4, 0.5) is 5.69 Å². The second kappa shape index (κ2) is 6.17. The first-order chi connectivity index (χ1) is 6.11. The molecular weight excluding hydrogens is 165 g/mol. The van der Waals surface area contributed by atoms with Crippen molar-refractivity contribution in [2.75, 3.05) is 0 Å². The molecule has 0 amide bonds. The van der Waals surface area contributed by atoms with Crippen LogP contribution < -0.4 is 18.9 Å². The van der Waals surface area contributed by atoms with Crippen molar-refractivity contribution in [2.24, 2.45) is 0 Å². The molecule has 14 heavy (non-hydrogen) atoms. The third-order valence-electron chi connectivity index (χ3n) is 1.96. The second-order valence-corrected chi connectivity index (χ2v) is 3.94. The summed E-state index contributed by atoms with van der Waals surface area (Å²) in [4.78, 5) is 0. The number of hydrogen-bond donors (Lipinski definition) is 0. The van der Waals surface area contributed by atoms with E-state index in [1.165, 1.54) is 5.56 Å². The minimum Gasteiger partial charge on any atom is -0.682 e. The van der Waals surface area contributed by atoms with Gasteiger partial charge in [-0.2, -0.15) is 0 Å². The summed E-state index contributed by atoms with van der Waals surface area (Å²) in [6.07, 6.45) is 0. The summed E-state index contributed by atoms with van der Waals surface area (Å²) in [5.74, 6) is 0.554. The molecule has 0 atom stereocenters. The fourth-order valence-corrected chi connectivity index (χ4v) is 1.37. The molecule has 0 saturated carbocycles. The maximum atomic E-state index is 4.58. The quantitative estimate of drug-likeness (QED) is 0.626. The van der Waals surface area contributed by atoms with Gasteiger partial charge in [0.05, 0.1) is 0 Å². The van der Waals surface area contributed by atoms with Crippen LogP contribution in [0.2, 0.25) is 0 Å². The predicted octanol–water partition coefficient (Wildman–Crippen LogP) is 1.23. The Kier molecular flexibility index (Phi) is 6.00. The van der Waals surface area contributed by atoms with Crippen molar-refractivity contribution in [3.05, 3.63) is 35.1 Å². The van der Waals surface area contributed by atoms with Crippen LogP contribution in [0.3, 0.4) is 0 Å². The van der Waals surface area contributed by atoms with Crippen LogP contribution in [0.5, 0.6) is 0 Å². The van der Waals surface area contributed by atoms with Gasteiger partial charge in [-0.1, -0.05) is 57.5 Å². The van der Waals surface area contributed by atoms with Crippen LogP contribution in [0.15, 0.2) is 24.3 Å². The van der Waals surface area contributed by atoms with Crippen molar-refractivity contribution < 1.29 is 18.9 Å². The Bertz CT molecular complexity index is 269. The van der Waals surface area contributed by atoms with Crippen molar-refractivity contribution in [3.8, 4) is 0 Å². The minimum atomic E-state index is 0. The molecule has 0 aliphatic rings. The van der Waals surface area contributed by atoms with Gasteiger partial charge in [0.2, 0.25) is 0 Å². The Morgan fingerprint density at radius 2 is 1.57 bits per heavy atom. The zero-order valence-electron chi connectivity index (χ0n) is 9.91. The third-order valence-corrected chi connectivity index (χ3v) is 1.96. The van der Waals surface area contributed by atoms with Crippen LogP contribution in [0.25, 0.3) is 5.32 Å². The van der Waals surface area contributed by atoms with E-state index in [1.54, 1.807) is 0 Å². The number of rotatable bonds is 3. The van der Waals surface area contributed by atoms with Gasteiger partial charge >= 0.3 is 18.9 Å². The molecule has 1 aromatic carbocycles. The molecule has 0 N–H and O–H groups in total. The van der Waals surface area contributed by atoms with Gasteiger partial charge in [-0.3, -0.25) is 0 Å². The average molecular weight is 183 g/mol. The van der Waals surface area contributed by atoms with Crippen molar-refractivity contribution in [1.29, 1.82) is 0 Å². The van der Waals surface area contributed by atoms with E-state index in [4.69, 9.17) is 0 Å². The van der Waals surface area contributed by atoms with E-state index >= 15 is 0 Å². The van der Waals surface area contributed by atoms with Gasteiger partial charge in [0.15, 0.2) is 0 Å². The summed E-state index contributed by atoms with van der Waals surface area (Å²) in [6.45, 7) is 8.62. The maximum Gasteiger partial charge on any atom is 1.00 e. The van der Waals surface area contributed by atoms with Gasteiger partial charge in [-0.15, -0.1) is 11.7 Å². The SMILES string of the molecule is CC(C)[N-]c1ccccc1C(C)C.[Li+]. The Hall–Kier alpha value is -0.383. The number of para-hydroxylation sites is 1. The largest absolute Gasteiger partial charge is 1.00 e. The Morgan fingerprint density at radius 1 is 1.00 bits per heavy atom. The normalized spacial score (nSPS) is 10.1. The van der Waals surface area contributed by atoms with Crippen LogP contribution >= 0.6 is 0 Å². The monoisotopic (exact) mass is 183 g/mol. The Labute approximate surface area is 99.5 Å². The first kappa shape index (κ1) is 13.6. The van der Waals surface area contributed by atoms with Gasteiger partial charge < -0.3 is 5.32 Å². The van der Waals surface area contributed by atoms with E-state index in [0.29, 0.717) is 12.0 Å². The smallest absolute Gasteiger partial charge is 0.682 e.